The Morgan fingerprint density at radius 2 is 1.42 bits per heavy atom. The van der Waals surface area contributed by atoms with E-state index in [0.29, 0.717) is 39.9 Å². The minimum atomic E-state index is -1.81. The molecule has 0 bridgehead atoms. The maximum Gasteiger partial charge on any atom is 0.324 e. The predicted octanol–water partition coefficient (Wildman–Crippen LogP) is 5.35. The average molecular weight is 593 g/mol. The van der Waals surface area contributed by atoms with Crippen molar-refractivity contribution in [2.45, 2.75) is 38.9 Å². The minimum Gasteiger partial charge on any atom is -0.493 e. The van der Waals surface area contributed by atoms with E-state index in [9.17, 15) is 9.59 Å². The molecule has 2 atom stereocenters. The van der Waals surface area contributed by atoms with Gasteiger partial charge in [-0.15, -0.1) is 0 Å². The SMILES string of the molecule is CCOC(=O)C1(C(=O)OCC)CC(OC)c2cc3c(cc2C1c1cc(OC)c(OCc2ccccc2)c(OC)c1)OCO3. The smallest absolute Gasteiger partial charge is 0.324 e. The summed E-state index contributed by atoms with van der Waals surface area (Å²) in [5.74, 6) is -0.175. The Kier molecular flexibility index (Phi) is 8.96. The van der Waals surface area contributed by atoms with Crippen molar-refractivity contribution in [1.82, 2.24) is 0 Å². The van der Waals surface area contributed by atoms with Gasteiger partial charge in [0.2, 0.25) is 12.5 Å². The van der Waals surface area contributed by atoms with E-state index in [-0.39, 0.29) is 33.0 Å². The number of carbonyl (C=O) groups excluding carboxylic acids is 2. The summed E-state index contributed by atoms with van der Waals surface area (Å²) in [6, 6.07) is 16.8. The van der Waals surface area contributed by atoms with Crippen LogP contribution in [-0.2, 0) is 30.4 Å². The van der Waals surface area contributed by atoms with Crippen molar-refractivity contribution in [3.8, 4) is 28.7 Å². The summed E-state index contributed by atoms with van der Waals surface area (Å²) in [6.07, 6.45) is -0.679. The molecule has 0 amide bonds. The summed E-state index contributed by atoms with van der Waals surface area (Å²) < 4.78 is 46.2. The lowest BCUT2D eigenvalue weighted by Crippen LogP contribution is -2.50. The highest BCUT2D eigenvalue weighted by Crippen LogP contribution is 2.58. The number of rotatable bonds is 11. The number of methoxy groups -OCH3 is 3. The summed E-state index contributed by atoms with van der Waals surface area (Å²) in [5.41, 5.74) is 1.09. The summed E-state index contributed by atoms with van der Waals surface area (Å²) in [5, 5.41) is 0. The van der Waals surface area contributed by atoms with Crippen LogP contribution < -0.4 is 23.7 Å². The molecule has 0 saturated carbocycles. The Balaban J connectivity index is 1.74. The Labute approximate surface area is 250 Å². The van der Waals surface area contributed by atoms with E-state index in [2.05, 4.69) is 0 Å². The number of fused-ring (bicyclic) bond motifs is 2. The molecule has 10 heteroatoms. The van der Waals surface area contributed by atoms with Crippen molar-refractivity contribution in [3.05, 3.63) is 76.9 Å². The fourth-order valence-corrected chi connectivity index (χ4v) is 5.91. The highest BCUT2D eigenvalue weighted by molar-refractivity contribution is 6.02. The maximum absolute atomic E-state index is 14.0. The van der Waals surface area contributed by atoms with Crippen LogP contribution in [0, 0.1) is 5.41 Å². The molecule has 5 rings (SSSR count). The third-order valence-corrected chi connectivity index (χ3v) is 7.84. The molecule has 0 saturated heterocycles. The van der Waals surface area contributed by atoms with Gasteiger partial charge in [0.15, 0.2) is 28.4 Å². The molecule has 0 spiro atoms. The average Bonchev–Trinajstić information content (AvgIpc) is 3.49. The van der Waals surface area contributed by atoms with E-state index in [1.165, 1.54) is 21.3 Å². The molecule has 0 fully saturated rings. The van der Waals surface area contributed by atoms with Crippen LogP contribution in [0.15, 0.2) is 54.6 Å². The second-order valence-electron chi connectivity index (χ2n) is 10.1. The molecule has 3 aromatic carbocycles. The van der Waals surface area contributed by atoms with Crippen LogP contribution in [-0.4, -0.2) is 53.3 Å². The molecule has 43 heavy (non-hydrogen) atoms. The monoisotopic (exact) mass is 592 g/mol. The van der Waals surface area contributed by atoms with Crippen molar-refractivity contribution < 1.29 is 47.5 Å². The Hall–Kier alpha value is -4.44. The third-order valence-electron chi connectivity index (χ3n) is 7.84. The second kappa shape index (κ2) is 12.8. The molecule has 10 nitrogen and oxygen atoms in total. The number of benzene rings is 3. The van der Waals surface area contributed by atoms with Gasteiger partial charge in [-0.2, -0.15) is 0 Å². The summed E-state index contributed by atoms with van der Waals surface area (Å²) in [6.45, 7) is 3.84. The first-order valence-corrected chi connectivity index (χ1v) is 14.1. The number of hydrogen-bond donors (Lipinski definition) is 0. The van der Waals surface area contributed by atoms with Crippen LogP contribution in [0.1, 0.15) is 54.5 Å². The Bertz CT molecular complexity index is 1430. The zero-order valence-corrected chi connectivity index (χ0v) is 25.0. The van der Waals surface area contributed by atoms with Crippen LogP contribution >= 0.6 is 0 Å². The Morgan fingerprint density at radius 1 is 0.837 bits per heavy atom. The maximum atomic E-state index is 14.0. The van der Waals surface area contributed by atoms with Gasteiger partial charge in [-0.05, 0) is 60.4 Å². The standard InChI is InChI=1S/C33H36O10/c1-6-39-31(34)33(32(35)40-7-2)17-28(38-5)22-15-24-25(43-19-42-24)16-23(22)29(33)21-13-26(36-3)30(27(14-21)37-4)41-18-20-11-9-8-10-12-20/h8-16,28-29H,6-7,17-19H2,1-5H3. The van der Waals surface area contributed by atoms with Crippen LogP contribution in [0.4, 0.5) is 0 Å². The zero-order valence-electron chi connectivity index (χ0n) is 25.0. The number of esters is 2. The topological polar surface area (TPSA) is 108 Å². The molecule has 2 unspecified atom stereocenters. The highest BCUT2D eigenvalue weighted by Gasteiger charge is 2.60. The molecular formula is C33H36O10. The molecule has 0 aromatic heterocycles. The molecular weight excluding hydrogens is 556 g/mol. The lowest BCUT2D eigenvalue weighted by Gasteiger charge is -2.44. The highest BCUT2D eigenvalue weighted by atomic mass is 16.7. The molecule has 1 heterocycles. The quantitative estimate of drug-likeness (QED) is 0.214. The first-order valence-electron chi connectivity index (χ1n) is 14.1. The summed E-state index contributed by atoms with van der Waals surface area (Å²) >= 11 is 0. The van der Waals surface area contributed by atoms with E-state index in [1.807, 2.05) is 36.4 Å². The van der Waals surface area contributed by atoms with E-state index < -0.39 is 29.4 Å². The lowest BCUT2D eigenvalue weighted by molar-refractivity contribution is -0.177. The minimum absolute atomic E-state index is 0.0324. The largest absolute Gasteiger partial charge is 0.493 e. The number of ether oxygens (including phenoxy) is 8. The molecule has 3 aromatic rings. The van der Waals surface area contributed by atoms with E-state index >= 15 is 0 Å². The van der Waals surface area contributed by atoms with Gasteiger partial charge in [0, 0.05) is 19.4 Å². The fraction of sp³-hybridized carbons (Fsp3) is 0.394. The van der Waals surface area contributed by atoms with Gasteiger partial charge in [-0.1, -0.05) is 30.3 Å². The first-order chi connectivity index (χ1) is 20.9. The molecule has 1 aliphatic carbocycles. The Morgan fingerprint density at radius 3 is 1.95 bits per heavy atom. The van der Waals surface area contributed by atoms with Crippen molar-refractivity contribution in [2.24, 2.45) is 5.41 Å². The van der Waals surface area contributed by atoms with E-state index in [4.69, 9.17) is 37.9 Å². The molecule has 1 aliphatic heterocycles. The van der Waals surface area contributed by atoms with Crippen LogP contribution in [0.2, 0.25) is 0 Å². The summed E-state index contributed by atoms with van der Waals surface area (Å²) in [4.78, 5) is 28.1. The first kappa shape index (κ1) is 30.0. The van der Waals surface area contributed by atoms with Crippen molar-refractivity contribution >= 4 is 11.9 Å². The van der Waals surface area contributed by atoms with Crippen molar-refractivity contribution in [3.63, 3.8) is 0 Å². The zero-order chi connectivity index (χ0) is 30.6. The summed E-state index contributed by atoms with van der Waals surface area (Å²) in [7, 11) is 4.57. The third kappa shape index (κ3) is 5.43. The van der Waals surface area contributed by atoms with E-state index in [1.54, 1.807) is 32.0 Å². The van der Waals surface area contributed by atoms with Crippen molar-refractivity contribution in [2.75, 3.05) is 41.3 Å². The van der Waals surface area contributed by atoms with E-state index in [0.717, 1.165) is 11.1 Å². The number of hydrogen-bond acceptors (Lipinski definition) is 10. The van der Waals surface area contributed by atoms with Gasteiger partial charge in [-0.3, -0.25) is 9.59 Å². The number of carbonyl (C=O) groups is 2. The molecule has 228 valence electrons. The normalized spacial score (nSPS) is 17.9. The predicted molar refractivity (Wildman–Crippen MR) is 155 cm³/mol. The van der Waals surface area contributed by atoms with Crippen molar-refractivity contribution in [1.29, 1.82) is 0 Å². The van der Waals surface area contributed by atoms with Gasteiger partial charge >= 0.3 is 11.9 Å². The van der Waals surface area contributed by atoms with Crippen LogP contribution in [0.5, 0.6) is 28.7 Å². The molecule has 0 N–H and O–H groups in total. The van der Waals surface area contributed by atoms with Gasteiger partial charge in [-0.25, -0.2) is 0 Å². The molecule has 2 aliphatic rings. The van der Waals surface area contributed by atoms with Gasteiger partial charge in [0.1, 0.15) is 6.61 Å². The lowest BCUT2D eigenvalue weighted by atomic mass is 9.60. The van der Waals surface area contributed by atoms with Gasteiger partial charge in [0.05, 0.1) is 33.5 Å². The van der Waals surface area contributed by atoms with Gasteiger partial charge < -0.3 is 37.9 Å². The second-order valence-corrected chi connectivity index (χ2v) is 10.1. The molecule has 0 radical (unpaired) electrons. The fourth-order valence-electron chi connectivity index (χ4n) is 5.91. The van der Waals surface area contributed by atoms with Crippen LogP contribution in [0.25, 0.3) is 0 Å². The van der Waals surface area contributed by atoms with Gasteiger partial charge in [0.25, 0.3) is 0 Å². The van der Waals surface area contributed by atoms with Crippen LogP contribution in [0.3, 0.4) is 0 Å².